The third-order valence-corrected chi connectivity index (χ3v) is 2.87. The molecular weight excluding hydrogens is 216 g/mol. The van der Waals surface area contributed by atoms with Gasteiger partial charge in [0.25, 0.3) is 5.91 Å². The summed E-state index contributed by atoms with van der Waals surface area (Å²) in [4.78, 5) is 12.1. The minimum atomic E-state index is -0.0657. The minimum Gasteiger partial charge on any atom is -0.396 e. The van der Waals surface area contributed by atoms with Crippen LogP contribution in [-0.4, -0.2) is 28.2 Å². The molecule has 4 heteroatoms. The van der Waals surface area contributed by atoms with Gasteiger partial charge in [-0.15, -0.1) is 0 Å². The van der Waals surface area contributed by atoms with E-state index in [9.17, 15) is 4.79 Å². The van der Waals surface area contributed by atoms with Crippen molar-refractivity contribution in [2.24, 2.45) is 0 Å². The van der Waals surface area contributed by atoms with Crippen LogP contribution in [0, 0.1) is 0 Å². The van der Waals surface area contributed by atoms with E-state index < -0.39 is 0 Å². The minimum absolute atomic E-state index is 0.0445. The highest BCUT2D eigenvalue weighted by Gasteiger charge is 2.15. The van der Waals surface area contributed by atoms with E-state index in [0.29, 0.717) is 12.1 Å². The highest BCUT2D eigenvalue weighted by atomic mass is 16.3. The molecule has 1 heterocycles. The lowest BCUT2D eigenvalue weighted by molar-refractivity contribution is 0.0918. The van der Waals surface area contributed by atoms with Crippen LogP contribution in [0.2, 0.25) is 0 Å². The average Bonchev–Trinajstić information content (AvgIpc) is 2.77. The van der Waals surface area contributed by atoms with Crippen molar-refractivity contribution in [3.63, 3.8) is 0 Å². The molecular formula is C13H22N2O2. The molecule has 0 spiro atoms. The maximum absolute atomic E-state index is 12.1. The Morgan fingerprint density at radius 3 is 2.76 bits per heavy atom. The molecule has 1 atom stereocenters. The lowest BCUT2D eigenvalue weighted by Crippen LogP contribution is -2.36. The fraction of sp³-hybridized carbons (Fsp3) is 0.615. The predicted molar refractivity (Wildman–Crippen MR) is 68.1 cm³/mol. The van der Waals surface area contributed by atoms with Crippen LogP contribution in [0.5, 0.6) is 0 Å². The molecule has 0 saturated carbocycles. The van der Waals surface area contributed by atoms with Crippen molar-refractivity contribution in [1.82, 2.24) is 9.88 Å². The molecule has 1 aromatic rings. The summed E-state index contributed by atoms with van der Waals surface area (Å²) in [6.07, 6.45) is 3.34. The highest BCUT2D eigenvalue weighted by molar-refractivity contribution is 5.93. The molecule has 0 aliphatic carbocycles. The summed E-state index contributed by atoms with van der Waals surface area (Å²) in [5, 5.41) is 11.8. The maximum atomic E-state index is 12.1. The number of nitrogens with zero attached hydrogens (tertiary/aromatic N) is 1. The van der Waals surface area contributed by atoms with Gasteiger partial charge in [0.15, 0.2) is 0 Å². The molecule has 1 unspecified atom stereocenters. The Hall–Kier alpha value is -1.29. The number of rotatable bonds is 6. The zero-order chi connectivity index (χ0) is 12.8. The van der Waals surface area contributed by atoms with E-state index >= 15 is 0 Å². The fourth-order valence-corrected chi connectivity index (χ4v) is 1.83. The molecule has 96 valence electrons. The summed E-state index contributed by atoms with van der Waals surface area (Å²) in [5.74, 6) is -0.0657. The summed E-state index contributed by atoms with van der Waals surface area (Å²) < 4.78 is 1.95. The molecule has 0 aliphatic heterocycles. The Kier molecular flexibility index (Phi) is 5.22. The molecule has 0 bridgehead atoms. The largest absolute Gasteiger partial charge is 0.396 e. The standard InChI is InChI=1S/C13H22N2O2/c1-4-11(7-9-16)14-13(17)12-6-5-8-15(12)10(2)3/h5-6,8,10-11,16H,4,7,9H2,1-3H3,(H,14,17). The van der Waals surface area contributed by atoms with E-state index in [-0.39, 0.29) is 24.6 Å². The number of carbonyl (C=O) groups excluding carboxylic acids is 1. The van der Waals surface area contributed by atoms with Gasteiger partial charge < -0.3 is 15.0 Å². The Morgan fingerprint density at radius 2 is 2.24 bits per heavy atom. The van der Waals surface area contributed by atoms with E-state index in [4.69, 9.17) is 5.11 Å². The summed E-state index contributed by atoms with van der Waals surface area (Å²) in [6.45, 7) is 6.19. The van der Waals surface area contributed by atoms with Crippen LogP contribution < -0.4 is 5.32 Å². The van der Waals surface area contributed by atoms with E-state index in [1.54, 1.807) is 0 Å². The number of amides is 1. The van der Waals surface area contributed by atoms with Crippen molar-refractivity contribution in [2.75, 3.05) is 6.61 Å². The third-order valence-electron chi connectivity index (χ3n) is 2.87. The van der Waals surface area contributed by atoms with E-state index in [0.717, 1.165) is 6.42 Å². The van der Waals surface area contributed by atoms with Crippen LogP contribution in [0.15, 0.2) is 18.3 Å². The third kappa shape index (κ3) is 3.60. The molecule has 4 nitrogen and oxygen atoms in total. The van der Waals surface area contributed by atoms with Crippen molar-refractivity contribution in [2.45, 2.75) is 45.7 Å². The van der Waals surface area contributed by atoms with Gasteiger partial charge >= 0.3 is 0 Å². The highest BCUT2D eigenvalue weighted by Crippen LogP contribution is 2.11. The van der Waals surface area contributed by atoms with Crippen LogP contribution in [0.1, 0.15) is 50.1 Å². The predicted octanol–water partition coefficient (Wildman–Crippen LogP) is 1.96. The van der Waals surface area contributed by atoms with Crippen molar-refractivity contribution in [1.29, 1.82) is 0 Å². The van der Waals surface area contributed by atoms with Gasteiger partial charge in [-0.25, -0.2) is 0 Å². The topological polar surface area (TPSA) is 54.3 Å². The number of hydrogen-bond acceptors (Lipinski definition) is 2. The number of aromatic nitrogens is 1. The van der Waals surface area contributed by atoms with Gasteiger partial charge in [-0.05, 0) is 38.8 Å². The Labute approximate surface area is 103 Å². The van der Waals surface area contributed by atoms with E-state index in [1.807, 2.05) is 43.7 Å². The normalized spacial score (nSPS) is 12.8. The molecule has 0 aliphatic rings. The zero-order valence-electron chi connectivity index (χ0n) is 10.8. The number of aliphatic hydroxyl groups excluding tert-OH is 1. The molecule has 17 heavy (non-hydrogen) atoms. The molecule has 0 aromatic carbocycles. The summed E-state index contributed by atoms with van der Waals surface area (Å²) in [6, 6.07) is 4.01. The fourth-order valence-electron chi connectivity index (χ4n) is 1.83. The number of carbonyl (C=O) groups is 1. The first-order valence-electron chi connectivity index (χ1n) is 6.18. The van der Waals surface area contributed by atoms with Crippen LogP contribution in [0.4, 0.5) is 0 Å². The quantitative estimate of drug-likeness (QED) is 0.796. The second-order valence-corrected chi connectivity index (χ2v) is 4.49. The lowest BCUT2D eigenvalue weighted by atomic mass is 10.1. The summed E-state index contributed by atoms with van der Waals surface area (Å²) >= 11 is 0. The van der Waals surface area contributed by atoms with Gasteiger partial charge in [0, 0.05) is 24.9 Å². The Bertz CT molecular complexity index is 358. The number of nitrogens with one attached hydrogen (secondary N) is 1. The van der Waals surface area contributed by atoms with Gasteiger partial charge in [0.2, 0.25) is 0 Å². The Morgan fingerprint density at radius 1 is 1.53 bits per heavy atom. The van der Waals surface area contributed by atoms with Gasteiger partial charge in [-0.2, -0.15) is 0 Å². The molecule has 2 N–H and O–H groups in total. The van der Waals surface area contributed by atoms with Crippen LogP contribution in [0.3, 0.4) is 0 Å². The molecule has 0 radical (unpaired) electrons. The first kappa shape index (κ1) is 13.8. The molecule has 1 rings (SSSR count). The summed E-state index contributed by atoms with van der Waals surface area (Å²) in [7, 11) is 0. The monoisotopic (exact) mass is 238 g/mol. The first-order chi connectivity index (χ1) is 8.10. The number of hydrogen-bond donors (Lipinski definition) is 2. The van der Waals surface area contributed by atoms with Gasteiger partial charge in [-0.1, -0.05) is 6.92 Å². The van der Waals surface area contributed by atoms with Gasteiger partial charge in [-0.3, -0.25) is 4.79 Å². The smallest absolute Gasteiger partial charge is 0.268 e. The average molecular weight is 238 g/mol. The van der Waals surface area contributed by atoms with Crippen molar-refractivity contribution < 1.29 is 9.90 Å². The van der Waals surface area contributed by atoms with Gasteiger partial charge in [0.05, 0.1) is 0 Å². The van der Waals surface area contributed by atoms with Crippen molar-refractivity contribution in [3.05, 3.63) is 24.0 Å². The van der Waals surface area contributed by atoms with E-state index in [2.05, 4.69) is 5.32 Å². The number of aliphatic hydroxyl groups is 1. The van der Waals surface area contributed by atoms with Crippen LogP contribution in [-0.2, 0) is 0 Å². The first-order valence-corrected chi connectivity index (χ1v) is 6.18. The SMILES string of the molecule is CCC(CCO)NC(=O)c1cccn1C(C)C. The zero-order valence-corrected chi connectivity index (χ0v) is 10.8. The van der Waals surface area contributed by atoms with Crippen molar-refractivity contribution >= 4 is 5.91 Å². The Balaban J connectivity index is 2.72. The molecule has 1 aromatic heterocycles. The lowest BCUT2D eigenvalue weighted by Gasteiger charge is -2.18. The maximum Gasteiger partial charge on any atom is 0.268 e. The summed E-state index contributed by atoms with van der Waals surface area (Å²) in [5.41, 5.74) is 0.677. The second kappa shape index (κ2) is 6.45. The van der Waals surface area contributed by atoms with Crippen LogP contribution in [0.25, 0.3) is 0 Å². The van der Waals surface area contributed by atoms with E-state index in [1.165, 1.54) is 0 Å². The molecule has 1 amide bonds. The van der Waals surface area contributed by atoms with Crippen molar-refractivity contribution in [3.8, 4) is 0 Å². The molecule has 0 fully saturated rings. The molecule has 0 saturated heterocycles. The van der Waals surface area contributed by atoms with Crippen LogP contribution >= 0.6 is 0 Å². The van der Waals surface area contributed by atoms with Gasteiger partial charge in [0.1, 0.15) is 5.69 Å². The second-order valence-electron chi connectivity index (χ2n) is 4.49.